The van der Waals surface area contributed by atoms with Crippen molar-refractivity contribution >= 4 is 5.69 Å². The van der Waals surface area contributed by atoms with Gasteiger partial charge in [0.15, 0.2) is 0 Å². The average Bonchev–Trinajstić information content (AvgIpc) is 2.50. The monoisotopic (exact) mass is 281 g/mol. The number of anilines is 1. The molecule has 0 saturated carbocycles. The van der Waals surface area contributed by atoms with Crippen molar-refractivity contribution in [3.63, 3.8) is 0 Å². The van der Waals surface area contributed by atoms with E-state index in [1.165, 1.54) is 40.8 Å². The van der Waals surface area contributed by atoms with E-state index in [1.807, 2.05) is 0 Å². The van der Waals surface area contributed by atoms with Crippen LogP contribution in [0.5, 0.6) is 5.75 Å². The number of benzene rings is 2. The number of hydrogen-bond acceptors (Lipinski definition) is 2. The van der Waals surface area contributed by atoms with Crippen LogP contribution in [0.1, 0.15) is 41.1 Å². The van der Waals surface area contributed by atoms with Crippen LogP contribution in [-0.2, 0) is 6.42 Å². The van der Waals surface area contributed by atoms with Gasteiger partial charge in [-0.15, -0.1) is 0 Å². The van der Waals surface area contributed by atoms with E-state index in [0.717, 1.165) is 12.2 Å². The van der Waals surface area contributed by atoms with Crippen LogP contribution in [0.15, 0.2) is 36.4 Å². The minimum Gasteiger partial charge on any atom is -0.497 e. The van der Waals surface area contributed by atoms with Gasteiger partial charge in [0.2, 0.25) is 0 Å². The zero-order chi connectivity index (χ0) is 14.8. The molecular formula is C19H23NO. The molecule has 1 aliphatic carbocycles. The van der Waals surface area contributed by atoms with Crippen LogP contribution in [0.3, 0.4) is 0 Å². The number of hydrogen-bond donors (Lipinski definition) is 1. The Morgan fingerprint density at radius 2 is 1.95 bits per heavy atom. The highest BCUT2D eigenvalue weighted by molar-refractivity contribution is 5.55. The molecule has 2 aromatic rings. The van der Waals surface area contributed by atoms with Crippen molar-refractivity contribution < 1.29 is 4.74 Å². The molecule has 1 N–H and O–H groups in total. The molecule has 0 saturated heterocycles. The molecule has 3 rings (SSSR count). The highest BCUT2D eigenvalue weighted by Gasteiger charge is 2.21. The van der Waals surface area contributed by atoms with Crippen molar-refractivity contribution in [2.75, 3.05) is 12.4 Å². The first-order valence-corrected chi connectivity index (χ1v) is 7.68. The van der Waals surface area contributed by atoms with Gasteiger partial charge in [-0.1, -0.05) is 18.2 Å². The number of ether oxygens (including phenoxy) is 1. The van der Waals surface area contributed by atoms with Crippen LogP contribution in [0.4, 0.5) is 5.69 Å². The van der Waals surface area contributed by atoms with Gasteiger partial charge in [0.1, 0.15) is 5.75 Å². The summed E-state index contributed by atoms with van der Waals surface area (Å²) in [4.78, 5) is 0. The van der Waals surface area contributed by atoms with Crippen LogP contribution in [0.25, 0.3) is 0 Å². The SMILES string of the molecule is COc1ccc2c(c1)CCCC2Nc1cc(C)ccc1C. The molecule has 0 bridgehead atoms. The van der Waals surface area contributed by atoms with Gasteiger partial charge >= 0.3 is 0 Å². The van der Waals surface area contributed by atoms with Crippen LogP contribution in [0.2, 0.25) is 0 Å². The molecule has 21 heavy (non-hydrogen) atoms. The maximum absolute atomic E-state index is 5.35. The Bertz CT molecular complexity index is 648. The number of methoxy groups -OCH3 is 1. The minimum absolute atomic E-state index is 0.403. The van der Waals surface area contributed by atoms with E-state index in [-0.39, 0.29) is 0 Å². The molecule has 0 spiro atoms. The number of rotatable bonds is 3. The molecule has 0 aromatic heterocycles. The number of nitrogens with one attached hydrogen (secondary N) is 1. The molecule has 0 aliphatic heterocycles. The second kappa shape index (κ2) is 5.80. The smallest absolute Gasteiger partial charge is 0.119 e. The van der Waals surface area contributed by atoms with Gasteiger partial charge < -0.3 is 10.1 Å². The largest absolute Gasteiger partial charge is 0.497 e. The summed E-state index contributed by atoms with van der Waals surface area (Å²) in [7, 11) is 1.73. The van der Waals surface area contributed by atoms with Gasteiger partial charge in [-0.05, 0) is 73.6 Å². The molecule has 1 aliphatic rings. The van der Waals surface area contributed by atoms with E-state index in [4.69, 9.17) is 4.74 Å². The molecule has 2 aromatic carbocycles. The summed E-state index contributed by atoms with van der Waals surface area (Å²) in [5.74, 6) is 0.959. The molecule has 1 unspecified atom stereocenters. The van der Waals surface area contributed by atoms with E-state index in [0.29, 0.717) is 6.04 Å². The lowest BCUT2D eigenvalue weighted by molar-refractivity contribution is 0.413. The second-order valence-corrected chi connectivity index (χ2v) is 5.97. The fraction of sp³-hybridized carbons (Fsp3) is 0.368. The summed E-state index contributed by atoms with van der Waals surface area (Å²) in [6, 6.07) is 13.5. The van der Waals surface area contributed by atoms with Gasteiger partial charge in [0.25, 0.3) is 0 Å². The summed E-state index contributed by atoms with van der Waals surface area (Å²) < 4.78 is 5.35. The minimum atomic E-state index is 0.403. The predicted molar refractivity (Wildman–Crippen MR) is 88.2 cm³/mol. The maximum Gasteiger partial charge on any atom is 0.119 e. The lowest BCUT2D eigenvalue weighted by atomic mass is 9.87. The lowest BCUT2D eigenvalue weighted by Gasteiger charge is -2.28. The van der Waals surface area contributed by atoms with Crippen LogP contribution < -0.4 is 10.1 Å². The van der Waals surface area contributed by atoms with Crippen LogP contribution in [0, 0.1) is 13.8 Å². The van der Waals surface area contributed by atoms with E-state index < -0.39 is 0 Å². The van der Waals surface area contributed by atoms with Crippen molar-refractivity contribution in [1.29, 1.82) is 0 Å². The van der Waals surface area contributed by atoms with Crippen molar-refractivity contribution in [2.45, 2.75) is 39.2 Å². The van der Waals surface area contributed by atoms with Gasteiger partial charge in [0, 0.05) is 5.69 Å². The summed E-state index contributed by atoms with van der Waals surface area (Å²) in [6.07, 6.45) is 3.56. The Balaban J connectivity index is 1.90. The molecule has 0 heterocycles. The summed E-state index contributed by atoms with van der Waals surface area (Å²) >= 11 is 0. The first-order chi connectivity index (χ1) is 10.2. The topological polar surface area (TPSA) is 21.3 Å². The predicted octanol–water partition coefficient (Wildman–Crippen LogP) is 4.80. The van der Waals surface area contributed by atoms with E-state index in [2.05, 4.69) is 55.6 Å². The van der Waals surface area contributed by atoms with Gasteiger partial charge in [0.05, 0.1) is 13.2 Å². The Morgan fingerprint density at radius 1 is 1.10 bits per heavy atom. The van der Waals surface area contributed by atoms with Crippen molar-refractivity contribution in [1.82, 2.24) is 0 Å². The summed E-state index contributed by atoms with van der Waals surface area (Å²) in [5.41, 5.74) is 6.70. The first kappa shape index (κ1) is 14.0. The fourth-order valence-corrected chi connectivity index (χ4v) is 3.15. The number of aryl methyl sites for hydroxylation is 3. The average molecular weight is 281 g/mol. The van der Waals surface area contributed by atoms with Crippen molar-refractivity contribution in [2.24, 2.45) is 0 Å². The fourth-order valence-electron chi connectivity index (χ4n) is 3.15. The van der Waals surface area contributed by atoms with Crippen molar-refractivity contribution in [3.8, 4) is 5.75 Å². The Kier molecular flexibility index (Phi) is 3.87. The molecule has 0 fully saturated rings. The Hall–Kier alpha value is -1.96. The normalized spacial score (nSPS) is 17.2. The lowest BCUT2D eigenvalue weighted by Crippen LogP contribution is -2.18. The quantitative estimate of drug-likeness (QED) is 0.872. The van der Waals surface area contributed by atoms with Gasteiger partial charge in [-0.25, -0.2) is 0 Å². The second-order valence-electron chi connectivity index (χ2n) is 5.97. The third kappa shape index (κ3) is 2.90. The standard InChI is InChI=1S/C19H23NO/c1-13-7-8-14(2)19(11-13)20-18-6-4-5-15-12-16(21-3)9-10-17(15)18/h7-12,18,20H,4-6H2,1-3H3. The Labute approximate surface area is 127 Å². The van der Waals surface area contributed by atoms with Crippen molar-refractivity contribution in [3.05, 3.63) is 58.7 Å². The zero-order valence-corrected chi connectivity index (χ0v) is 13.1. The van der Waals surface area contributed by atoms with Gasteiger partial charge in [-0.2, -0.15) is 0 Å². The molecule has 0 amide bonds. The van der Waals surface area contributed by atoms with Gasteiger partial charge in [-0.3, -0.25) is 0 Å². The third-order valence-corrected chi connectivity index (χ3v) is 4.39. The molecule has 0 radical (unpaired) electrons. The summed E-state index contributed by atoms with van der Waals surface area (Å²) in [6.45, 7) is 4.31. The van der Waals surface area contributed by atoms with E-state index >= 15 is 0 Å². The van der Waals surface area contributed by atoms with Crippen LogP contribution >= 0.6 is 0 Å². The molecule has 2 heteroatoms. The van der Waals surface area contributed by atoms with Crippen LogP contribution in [-0.4, -0.2) is 7.11 Å². The zero-order valence-electron chi connectivity index (χ0n) is 13.1. The van der Waals surface area contributed by atoms with E-state index in [1.54, 1.807) is 7.11 Å². The maximum atomic E-state index is 5.35. The molecule has 110 valence electrons. The third-order valence-electron chi connectivity index (χ3n) is 4.39. The molecule has 1 atom stereocenters. The van der Waals surface area contributed by atoms with E-state index in [9.17, 15) is 0 Å². The Morgan fingerprint density at radius 3 is 2.76 bits per heavy atom. The highest BCUT2D eigenvalue weighted by atomic mass is 16.5. The molecular weight excluding hydrogens is 258 g/mol. The summed E-state index contributed by atoms with van der Waals surface area (Å²) in [5, 5.41) is 3.74. The molecule has 2 nitrogen and oxygen atoms in total. The highest BCUT2D eigenvalue weighted by Crippen LogP contribution is 2.35. The number of fused-ring (bicyclic) bond motifs is 1. The first-order valence-electron chi connectivity index (χ1n) is 7.68.